The lowest BCUT2D eigenvalue weighted by Crippen LogP contribution is -2.21. The van der Waals surface area contributed by atoms with E-state index < -0.39 is 0 Å². The summed E-state index contributed by atoms with van der Waals surface area (Å²) in [4.78, 5) is 25.8. The largest absolute Gasteiger partial charge is 0.463 e. The van der Waals surface area contributed by atoms with Gasteiger partial charge in [0.15, 0.2) is 5.43 Å². The number of para-hydroxylation sites is 1. The molecular weight excluding hydrogens is 352 g/mol. The topological polar surface area (TPSA) is 62.9 Å². The zero-order valence-corrected chi connectivity index (χ0v) is 16.0. The zero-order valence-electron chi connectivity index (χ0n) is 16.0. The molecule has 5 nitrogen and oxygen atoms in total. The van der Waals surface area contributed by atoms with E-state index in [0.717, 1.165) is 5.56 Å². The van der Waals surface area contributed by atoms with Gasteiger partial charge in [-0.3, -0.25) is 9.59 Å². The zero-order chi connectivity index (χ0) is 19.8. The van der Waals surface area contributed by atoms with Crippen LogP contribution in [0.2, 0.25) is 0 Å². The second kappa shape index (κ2) is 6.93. The molecule has 0 unspecified atom stereocenters. The summed E-state index contributed by atoms with van der Waals surface area (Å²) in [5, 5.41) is 6.21. The van der Waals surface area contributed by atoms with Gasteiger partial charge in [-0.2, -0.15) is 10.1 Å². The van der Waals surface area contributed by atoms with Crippen LogP contribution in [0.4, 0.5) is 5.69 Å². The van der Waals surface area contributed by atoms with E-state index in [1.54, 1.807) is 13.0 Å². The summed E-state index contributed by atoms with van der Waals surface area (Å²) in [5.74, 6) is 0.0372. The van der Waals surface area contributed by atoms with Crippen LogP contribution in [0.5, 0.6) is 0 Å². The molecule has 0 spiro atoms. The van der Waals surface area contributed by atoms with Gasteiger partial charge in [-0.05, 0) is 48.7 Å². The van der Waals surface area contributed by atoms with Gasteiger partial charge in [-0.1, -0.05) is 38.1 Å². The molecule has 3 aromatic rings. The summed E-state index contributed by atoms with van der Waals surface area (Å²) in [6.45, 7) is 5.90. The molecule has 2 aromatic carbocycles. The standard InChI is InChI=1S/C23H20N2O3/c1-14(2)16-9-10-21-20(11-16)22(26)17(13-28-21)12-19-15(3)24-25(23(19)27)18-7-5-4-6-8-18/h4-14H,1-3H3/b19-12+. The van der Waals surface area contributed by atoms with E-state index in [1.165, 1.54) is 11.3 Å². The van der Waals surface area contributed by atoms with Crippen molar-refractivity contribution in [2.75, 3.05) is 5.01 Å². The Labute approximate surface area is 162 Å². The Kier molecular flexibility index (Phi) is 4.43. The Morgan fingerprint density at radius 3 is 2.54 bits per heavy atom. The van der Waals surface area contributed by atoms with Crippen LogP contribution in [-0.4, -0.2) is 11.6 Å². The molecule has 0 fully saturated rings. The van der Waals surface area contributed by atoms with E-state index in [9.17, 15) is 9.59 Å². The van der Waals surface area contributed by atoms with Crippen LogP contribution in [0.25, 0.3) is 17.0 Å². The maximum atomic E-state index is 13.0. The van der Waals surface area contributed by atoms with E-state index in [4.69, 9.17) is 4.42 Å². The molecule has 1 aliphatic heterocycles. The van der Waals surface area contributed by atoms with Crippen molar-refractivity contribution in [3.63, 3.8) is 0 Å². The summed E-state index contributed by atoms with van der Waals surface area (Å²) < 4.78 is 5.64. The number of fused-ring (bicyclic) bond motifs is 1. The molecule has 0 bridgehead atoms. The molecule has 0 saturated carbocycles. The molecular formula is C23H20N2O3. The van der Waals surface area contributed by atoms with Crippen LogP contribution in [0, 0.1) is 0 Å². The van der Waals surface area contributed by atoms with Crippen LogP contribution in [0.3, 0.4) is 0 Å². The third-order valence-corrected chi connectivity index (χ3v) is 4.85. The van der Waals surface area contributed by atoms with Crippen LogP contribution in [0.15, 0.2) is 74.7 Å². The number of carbonyl (C=O) groups is 1. The lowest BCUT2D eigenvalue weighted by molar-refractivity contribution is -0.114. The lowest BCUT2D eigenvalue weighted by atomic mass is 10.0. The normalized spacial score (nSPS) is 15.7. The smallest absolute Gasteiger partial charge is 0.280 e. The molecule has 140 valence electrons. The summed E-state index contributed by atoms with van der Waals surface area (Å²) >= 11 is 0. The maximum Gasteiger partial charge on any atom is 0.280 e. The fourth-order valence-corrected chi connectivity index (χ4v) is 3.21. The molecule has 1 amide bonds. The van der Waals surface area contributed by atoms with Gasteiger partial charge in [0.05, 0.1) is 27.9 Å². The van der Waals surface area contributed by atoms with Gasteiger partial charge < -0.3 is 4.42 Å². The van der Waals surface area contributed by atoms with Crippen molar-refractivity contribution in [1.29, 1.82) is 0 Å². The number of hydrazone groups is 1. The fraction of sp³-hybridized carbons (Fsp3) is 0.174. The van der Waals surface area contributed by atoms with Crippen molar-refractivity contribution in [1.82, 2.24) is 0 Å². The molecule has 1 aromatic heterocycles. The van der Waals surface area contributed by atoms with E-state index in [0.29, 0.717) is 39.4 Å². The van der Waals surface area contributed by atoms with Crippen molar-refractivity contribution in [3.8, 4) is 0 Å². The van der Waals surface area contributed by atoms with Gasteiger partial charge >= 0.3 is 0 Å². The SMILES string of the molecule is CC1=NN(c2ccccc2)C(=O)/C1=C/c1coc2ccc(C(C)C)cc2c1=O. The summed E-state index contributed by atoms with van der Waals surface area (Å²) in [7, 11) is 0. The highest BCUT2D eigenvalue weighted by Crippen LogP contribution is 2.25. The number of rotatable bonds is 3. The predicted molar refractivity (Wildman–Crippen MR) is 112 cm³/mol. The first-order chi connectivity index (χ1) is 13.5. The molecule has 0 N–H and O–H groups in total. The first kappa shape index (κ1) is 17.9. The summed E-state index contributed by atoms with van der Waals surface area (Å²) in [6.07, 6.45) is 2.97. The number of hydrogen-bond acceptors (Lipinski definition) is 4. The van der Waals surface area contributed by atoms with Crippen molar-refractivity contribution >= 4 is 34.4 Å². The second-order valence-corrected chi connectivity index (χ2v) is 7.13. The molecule has 1 aliphatic rings. The van der Waals surface area contributed by atoms with E-state index >= 15 is 0 Å². The monoisotopic (exact) mass is 372 g/mol. The van der Waals surface area contributed by atoms with Gasteiger partial charge in [-0.25, -0.2) is 0 Å². The van der Waals surface area contributed by atoms with Crippen LogP contribution >= 0.6 is 0 Å². The molecule has 5 heteroatoms. The summed E-state index contributed by atoms with van der Waals surface area (Å²) in [5.41, 5.74) is 3.40. The molecule has 0 radical (unpaired) electrons. The summed E-state index contributed by atoms with van der Waals surface area (Å²) in [6, 6.07) is 14.8. The number of amides is 1. The number of anilines is 1. The maximum absolute atomic E-state index is 13.0. The number of carbonyl (C=O) groups excluding carboxylic acids is 1. The quantitative estimate of drug-likeness (QED) is 0.625. The molecule has 2 heterocycles. The van der Waals surface area contributed by atoms with Crippen molar-refractivity contribution < 1.29 is 9.21 Å². The number of nitrogens with zero attached hydrogens (tertiary/aromatic N) is 2. The van der Waals surface area contributed by atoms with Crippen molar-refractivity contribution in [3.05, 3.63) is 81.7 Å². The third-order valence-electron chi connectivity index (χ3n) is 4.85. The van der Waals surface area contributed by atoms with Gasteiger partial charge in [0, 0.05) is 0 Å². The molecule has 0 atom stereocenters. The highest BCUT2D eigenvalue weighted by atomic mass is 16.3. The average Bonchev–Trinajstić information content (AvgIpc) is 2.98. The minimum atomic E-state index is -0.265. The number of benzene rings is 2. The minimum Gasteiger partial charge on any atom is -0.463 e. The molecule has 0 aliphatic carbocycles. The first-order valence-corrected chi connectivity index (χ1v) is 9.18. The van der Waals surface area contributed by atoms with Gasteiger partial charge in [0.1, 0.15) is 11.8 Å². The minimum absolute atomic E-state index is 0.157. The number of hydrogen-bond donors (Lipinski definition) is 0. The Morgan fingerprint density at radius 1 is 1.07 bits per heavy atom. The van der Waals surface area contributed by atoms with Gasteiger partial charge in [0.25, 0.3) is 5.91 Å². The van der Waals surface area contributed by atoms with Crippen LogP contribution in [0.1, 0.15) is 37.8 Å². The lowest BCUT2D eigenvalue weighted by Gasteiger charge is -2.11. The van der Waals surface area contributed by atoms with E-state index in [2.05, 4.69) is 18.9 Å². The third kappa shape index (κ3) is 3.05. The fourth-order valence-electron chi connectivity index (χ4n) is 3.21. The Balaban J connectivity index is 1.78. The van der Waals surface area contributed by atoms with Crippen LogP contribution in [-0.2, 0) is 4.79 Å². The Hall–Kier alpha value is -3.47. The van der Waals surface area contributed by atoms with Crippen molar-refractivity contribution in [2.45, 2.75) is 26.7 Å². The van der Waals surface area contributed by atoms with Crippen LogP contribution < -0.4 is 10.4 Å². The molecule has 4 rings (SSSR count). The van der Waals surface area contributed by atoms with Gasteiger partial charge in [0.2, 0.25) is 0 Å². The van der Waals surface area contributed by atoms with E-state index in [-0.39, 0.29) is 11.3 Å². The highest BCUT2D eigenvalue weighted by Gasteiger charge is 2.29. The predicted octanol–water partition coefficient (Wildman–Crippen LogP) is 4.72. The Morgan fingerprint density at radius 2 is 1.82 bits per heavy atom. The molecule has 0 saturated heterocycles. The first-order valence-electron chi connectivity index (χ1n) is 9.18. The average molecular weight is 372 g/mol. The van der Waals surface area contributed by atoms with E-state index in [1.807, 2.05) is 48.5 Å². The van der Waals surface area contributed by atoms with Crippen molar-refractivity contribution in [2.24, 2.45) is 5.10 Å². The second-order valence-electron chi connectivity index (χ2n) is 7.13. The molecule has 28 heavy (non-hydrogen) atoms. The highest BCUT2D eigenvalue weighted by molar-refractivity contribution is 6.32. The van der Waals surface area contributed by atoms with Gasteiger partial charge in [-0.15, -0.1) is 0 Å². The Bertz CT molecular complexity index is 1190.